The molecule has 0 aromatic heterocycles. The fourth-order valence-corrected chi connectivity index (χ4v) is 13.4. The van der Waals surface area contributed by atoms with E-state index >= 15 is 9.13 Å². The number of para-hydroxylation sites is 1. The third kappa shape index (κ3) is 5.43. The number of hydrogen-bond acceptors (Lipinski definition) is 3. The monoisotopic (exact) mass is 580 g/mol. The minimum absolute atomic E-state index is 0.127. The van der Waals surface area contributed by atoms with Gasteiger partial charge in [0.2, 0.25) is 0 Å². The number of rotatable bonds is 8. The summed E-state index contributed by atoms with van der Waals surface area (Å²) in [5.74, 6) is 0.657. The van der Waals surface area contributed by atoms with Gasteiger partial charge in [0.1, 0.15) is 19.0 Å². The van der Waals surface area contributed by atoms with E-state index in [0.717, 1.165) is 77.9 Å². The van der Waals surface area contributed by atoms with Crippen LogP contribution in [0.15, 0.2) is 132 Å². The molecule has 210 valence electrons. The molecule has 0 N–H and O–H groups in total. The molecular weight excluding hydrogens is 542 g/mol. The maximum atomic E-state index is 15.4. The van der Waals surface area contributed by atoms with Gasteiger partial charge in [0.25, 0.3) is 0 Å². The van der Waals surface area contributed by atoms with E-state index in [1.165, 1.54) is 0 Å². The van der Waals surface area contributed by atoms with Gasteiger partial charge in [-0.3, -0.25) is 0 Å². The average molecular weight is 581 g/mol. The van der Waals surface area contributed by atoms with E-state index in [1.54, 1.807) is 0 Å². The lowest BCUT2D eigenvalue weighted by Crippen LogP contribution is -2.38. The number of hydrogen-bond donors (Lipinski definition) is 0. The van der Waals surface area contributed by atoms with Crippen molar-refractivity contribution in [3.8, 4) is 5.75 Å². The molecule has 41 heavy (non-hydrogen) atoms. The van der Waals surface area contributed by atoms with E-state index in [0.29, 0.717) is 5.75 Å². The molecule has 5 heteroatoms. The van der Waals surface area contributed by atoms with Gasteiger partial charge in [-0.15, -0.1) is 0 Å². The van der Waals surface area contributed by atoms with Crippen LogP contribution in [-0.2, 0) is 9.13 Å². The molecule has 0 amide bonds. The van der Waals surface area contributed by atoms with Crippen LogP contribution in [0.1, 0.15) is 51.4 Å². The maximum Gasteiger partial charge on any atom is 0.170 e. The van der Waals surface area contributed by atoms with E-state index in [1.807, 2.05) is 97.1 Å². The van der Waals surface area contributed by atoms with Crippen molar-refractivity contribution < 1.29 is 13.9 Å². The maximum absolute atomic E-state index is 15.4. The Morgan fingerprint density at radius 2 is 1.22 bits per heavy atom. The first-order valence-electron chi connectivity index (χ1n) is 14.9. The van der Waals surface area contributed by atoms with E-state index in [9.17, 15) is 0 Å². The van der Waals surface area contributed by atoms with Gasteiger partial charge in [-0.25, -0.2) is 0 Å². The zero-order valence-corrected chi connectivity index (χ0v) is 25.3. The smallest absolute Gasteiger partial charge is 0.170 e. The van der Waals surface area contributed by atoms with Crippen molar-refractivity contribution in [2.24, 2.45) is 0 Å². The molecule has 3 nitrogen and oxygen atoms in total. The van der Waals surface area contributed by atoms with Crippen LogP contribution >= 0.6 is 14.3 Å². The molecule has 0 spiro atoms. The Morgan fingerprint density at radius 3 is 1.88 bits per heavy atom. The van der Waals surface area contributed by atoms with Gasteiger partial charge >= 0.3 is 0 Å². The van der Waals surface area contributed by atoms with Crippen molar-refractivity contribution in [1.82, 2.24) is 0 Å². The summed E-state index contributed by atoms with van der Waals surface area (Å²) < 4.78 is 37.7. The predicted molar refractivity (Wildman–Crippen MR) is 173 cm³/mol. The number of benzene rings is 3. The van der Waals surface area contributed by atoms with Crippen LogP contribution in [0.4, 0.5) is 0 Å². The van der Waals surface area contributed by atoms with Gasteiger partial charge in [-0.05, 0) is 67.7 Å². The third-order valence-electron chi connectivity index (χ3n) is 8.69. The SMILES string of the molecule is O=P(C1=CC=CCC1)(c1ccccc1)c1ccccc1OC1CCCCC1P(=O)(C1=CC=CCC1)c1ccccc1. The van der Waals surface area contributed by atoms with E-state index in [2.05, 4.69) is 24.3 Å². The van der Waals surface area contributed by atoms with Gasteiger partial charge in [0.15, 0.2) is 7.14 Å². The minimum Gasteiger partial charge on any atom is -0.489 e. The molecule has 3 aliphatic carbocycles. The highest BCUT2D eigenvalue weighted by Crippen LogP contribution is 2.63. The third-order valence-corrected chi connectivity index (χ3v) is 15.8. The molecule has 0 heterocycles. The van der Waals surface area contributed by atoms with Crippen molar-refractivity contribution in [2.75, 3.05) is 0 Å². The summed E-state index contributed by atoms with van der Waals surface area (Å²) in [4.78, 5) is 0. The summed E-state index contributed by atoms with van der Waals surface area (Å²) in [6.45, 7) is 0. The lowest BCUT2D eigenvalue weighted by atomic mass is 9.97. The highest BCUT2D eigenvalue weighted by molar-refractivity contribution is 7.82. The van der Waals surface area contributed by atoms with Gasteiger partial charge < -0.3 is 13.9 Å². The zero-order chi connectivity index (χ0) is 28.1. The summed E-state index contributed by atoms with van der Waals surface area (Å²) >= 11 is 0. The predicted octanol–water partition coefficient (Wildman–Crippen LogP) is 8.85. The van der Waals surface area contributed by atoms with Crippen LogP contribution < -0.4 is 20.7 Å². The Balaban J connectivity index is 1.44. The summed E-state index contributed by atoms with van der Waals surface area (Å²) in [5.41, 5.74) is -0.127. The molecule has 4 unspecified atom stereocenters. The molecule has 6 rings (SSSR count). The molecule has 0 aliphatic heterocycles. The lowest BCUT2D eigenvalue weighted by Gasteiger charge is -2.39. The summed E-state index contributed by atoms with van der Waals surface area (Å²) in [6.07, 6.45) is 19.4. The van der Waals surface area contributed by atoms with Gasteiger partial charge in [0, 0.05) is 10.6 Å². The first-order chi connectivity index (χ1) is 20.1. The second-order valence-electron chi connectivity index (χ2n) is 11.2. The van der Waals surface area contributed by atoms with E-state index in [-0.39, 0.29) is 11.8 Å². The van der Waals surface area contributed by atoms with Crippen LogP contribution in [0.3, 0.4) is 0 Å². The molecule has 3 aromatic rings. The Morgan fingerprint density at radius 1 is 0.634 bits per heavy atom. The molecular formula is C36H38O3P2. The molecule has 0 bridgehead atoms. The topological polar surface area (TPSA) is 43.4 Å². The largest absolute Gasteiger partial charge is 0.489 e. The van der Waals surface area contributed by atoms with Crippen LogP contribution in [0.5, 0.6) is 5.75 Å². The Labute approximate surface area is 244 Å². The molecule has 1 saturated carbocycles. The highest BCUT2D eigenvalue weighted by atomic mass is 31.2. The molecule has 0 radical (unpaired) electrons. The average Bonchev–Trinajstić information content (AvgIpc) is 3.06. The Kier molecular flexibility index (Phi) is 8.47. The molecule has 0 saturated heterocycles. The van der Waals surface area contributed by atoms with Crippen LogP contribution in [0, 0.1) is 0 Å². The lowest BCUT2D eigenvalue weighted by molar-refractivity contribution is 0.159. The van der Waals surface area contributed by atoms with Crippen LogP contribution in [-0.4, -0.2) is 11.8 Å². The van der Waals surface area contributed by atoms with Crippen molar-refractivity contribution in [3.63, 3.8) is 0 Å². The summed E-state index contributed by atoms with van der Waals surface area (Å²) in [5, 5.41) is 4.49. The summed E-state index contributed by atoms with van der Waals surface area (Å²) in [6, 6.07) is 27.8. The minimum atomic E-state index is -3.15. The highest BCUT2D eigenvalue weighted by Gasteiger charge is 2.45. The van der Waals surface area contributed by atoms with Gasteiger partial charge in [0.05, 0.1) is 11.0 Å². The second kappa shape index (κ2) is 12.4. The quantitative estimate of drug-likeness (QED) is 0.250. The number of allylic oxidation sites excluding steroid dienone is 8. The summed E-state index contributed by atoms with van der Waals surface area (Å²) in [7, 11) is -6.11. The van der Waals surface area contributed by atoms with Crippen molar-refractivity contribution in [1.29, 1.82) is 0 Å². The van der Waals surface area contributed by atoms with E-state index in [4.69, 9.17) is 4.74 Å². The first kappa shape index (κ1) is 28.0. The van der Waals surface area contributed by atoms with E-state index < -0.39 is 14.3 Å². The fourth-order valence-electron chi connectivity index (χ4n) is 6.65. The van der Waals surface area contributed by atoms with Crippen molar-refractivity contribution in [3.05, 3.63) is 132 Å². The Hall–Kier alpha value is -3.12. The molecule has 4 atom stereocenters. The molecule has 1 fully saturated rings. The van der Waals surface area contributed by atoms with Gasteiger partial charge in [-0.1, -0.05) is 116 Å². The molecule has 3 aliphatic rings. The van der Waals surface area contributed by atoms with Crippen molar-refractivity contribution in [2.45, 2.75) is 63.1 Å². The van der Waals surface area contributed by atoms with Gasteiger partial charge in [-0.2, -0.15) is 0 Å². The standard InChI is InChI=1S/C36H38O3P2/c37-40(29-17-5-1-6-18-29,30-19-7-2-8-20-30)35-27-15-13-25-33(35)39-34-26-14-16-28-36(34)41(38,31-21-9-3-10-22-31)32-23-11-4-12-24-32/h1-7,9-11,13,15,17-19,21-23,25,27,34,36H,8,12,14,16,20,24,26,28H2. The van der Waals surface area contributed by atoms with Crippen LogP contribution in [0.2, 0.25) is 0 Å². The first-order valence-corrected chi connectivity index (χ1v) is 18.4. The second-order valence-corrected chi connectivity index (χ2v) is 17.0. The van der Waals surface area contributed by atoms with Crippen LogP contribution in [0.25, 0.3) is 0 Å². The Bertz CT molecular complexity index is 1580. The fraction of sp³-hybridized carbons (Fsp3) is 0.278. The number of ether oxygens (including phenoxy) is 1. The molecule has 3 aromatic carbocycles. The van der Waals surface area contributed by atoms with Crippen molar-refractivity contribution >= 4 is 30.2 Å². The zero-order valence-electron chi connectivity index (χ0n) is 23.5. The normalized spacial score (nSPS) is 23.5.